The third-order valence-electron chi connectivity index (χ3n) is 4.40. The Morgan fingerprint density at radius 2 is 2.19 bits per heavy atom. The molecule has 140 valence electrons. The van der Waals surface area contributed by atoms with Gasteiger partial charge < -0.3 is 14.6 Å². The Morgan fingerprint density at radius 1 is 1.33 bits per heavy atom. The fraction of sp³-hybridized carbons (Fsp3) is 0.368. The molecule has 0 bridgehead atoms. The summed E-state index contributed by atoms with van der Waals surface area (Å²) in [5.41, 5.74) is 0.868. The van der Waals surface area contributed by atoms with E-state index in [1.54, 1.807) is 24.5 Å². The normalized spacial score (nSPS) is 14.4. The second-order valence-corrected chi connectivity index (χ2v) is 7.17. The van der Waals surface area contributed by atoms with Gasteiger partial charge in [-0.05, 0) is 30.2 Å². The van der Waals surface area contributed by atoms with Gasteiger partial charge in [0.15, 0.2) is 11.6 Å². The first-order valence-corrected chi connectivity index (χ1v) is 9.04. The maximum Gasteiger partial charge on any atom is 0.287 e. The van der Waals surface area contributed by atoms with Crippen LogP contribution in [0.2, 0.25) is 0 Å². The van der Waals surface area contributed by atoms with Gasteiger partial charge in [-0.25, -0.2) is 0 Å². The third kappa shape index (κ3) is 3.84. The van der Waals surface area contributed by atoms with Crippen LogP contribution in [0.25, 0.3) is 11.3 Å². The minimum absolute atomic E-state index is 0.0712. The zero-order valence-electron chi connectivity index (χ0n) is 15.4. The molecule has 1 aliphatic heterocycles. The number of furan rings is 1. The number of amides is 1. The lowest BCUT2D eigenvalue weighted by atomic mass is 10.1. The Labute approximate surface area is 157 Å². The molecule has 1 fully saturated rings. The number of hydrogen-bond acceptors (Lipinski definition) is 6. The predicted octanol–water partition coefficient (Wildman–Crippen LogP) is 2.21. The van der Waals surface area contributed by atoms with Crippen LogP contribution in [0.1, 0.15) is 24.4 Å². The van der Waals surface area contributed by atoms with Gasteiger partial charge in [-0.15, -0.1) is 5.10 Å². The molecule has 0 unspecified atom stereocenters. The molecule has 1 amide bonds. The predicted molar refractivity (Wildman–Crippen MR) is 100 cm³/mol. The average molecular weight is 366 g/mol. The molecule has 0 radical (unpaired) electrons. The highest BCUT2D eigenvalue weighted by Crippen LogP contribution is 2.23. The van der Waals surface area contributed by atoms with E-state index in [1.165, 1.54) is 0 Å². The van der Waals surface area contributed by atoms with Gasteiger partial charge in [0, 0.05) is 32.0 Å². The van der Waals surface area contributed by atoms with E-state index < -0.39 is 0 Å². The van der Waals surface area contributed by atoms with Crippen LogP contribution < -0.4 is 10.2 Å². The van der Waals surface area contributed by atoms with Crippen LogP contribution in [0, 0.1) is 5.92 Å². The Morgan fingerprint density at radius 3 is 2.93 bits per heavy atom. The van der Waals surface area contributed by atoms with Crippen molar-refractivity contribution in [1.82, 2.24) is 25.3 Å². The summed E-state index contributed by atoms with van der Waals surface area (Å²) in [6.45, 7) is 6.54. The highest BCUT2D eigenvalue weighted by Gasteiger charge is 2.30. The van der Waals surface area contributed by atoms with Crippen molar-refractivity contribution in [3.63, 3.8) is 0 Å². The SMILES string of the molecule is CC(C)Cn1cc(-c2ccc(C(=O)NC3CN(c4cccnn4)C3)o2)cn1. The summed E-state index contributed by atoms with van der Waals surface area (Å²) in [5.74, 6) is 2.07. The zero-order valence-corrected chi connectivity index (χ0v) is 15.4. The fourth-order valence-corrected chi connectivity index (χ4v) is 3.06. The molecule has 0 spiro atoms. The molecule has 8 nitrogen and oxygen atoms in total. The highest BCUT2D eigenvalue weighted by atomic mass is 16.4. The van der Waals surface area contributed by atoms with Crippen molar-refractivity contribution in [3.8, 4) is 11.3 Å². The first-order valence-electron chi connectivity index (χ1n) is 9.04. The van der Waals surface area contributed by atoms with Gasteiger partial charge in [-0.3, -0.25) is 9.48 Å². The number of aromatic nitrogens is 4. The number of anilines is 1. The molecular weight excluding hydrogens is 344 g/mol. The molecule has 0 aromatic carbocycles. The molecule has 1 N–H and O–H groups in total. The van der Waals surface area contributed by atoms with Crippen molar-refractivity contribution in [2.45, 2.75) is 26.4 Å². The maximum atomic E-state index is 12.4. The van der Waals surface area contributed by atoms with Crippen molar-refractivity contribution < 1.29 is 9.21 Å². The van der Waals surface area contributed by atoms with E-state index in [-0.39, 0.29) is 11.9 Å². The number of hydrogen-bond donors (Lipinski definition) is 1. The first-order chi connectivity index (χ1) is 13.1. The summed E-state index contributed by atoms with van der Waals surface area (Å²) in [4.78, 5) is 14.5. The minimum atomic E-state index is -0.209. The Hall–Kier alpha value is -3.16. The summed E-state index contributed by atoms with van der Waals surface area (Å²) >= 11 is 0. The Balaban J connectivity index is 1.33. The molecule has 3 aromatic heterocycles. The van der Waals surface area contributed by atoms with Gasteiger partial charge in [-0.1, -0.05) is 13.8 Å². The monoisotopic (exact) mass is 366 g/mol. The van der Waals surface area contributed by atoms with Crippen LogP contribution in [0.15, 0.2) is 47.3 Å². The van der Waals surface area contributed by atoms with E-state index in [9.17, 15) is 4.79 Å². The van der Waals surface area contributed by atoms with Crippen molar-refractivity contribution >= 4 is 11.7 Å². The maximum absolute atomic E-state index is 12.4. The zero-order chi connectivity index (χ0) is 18.8. The van der Waals surface area contributed by atoms with Crippen LogP contribution in [-0.4, -0.2) is 45.0 Å². The molecule has 27 heavy (non-hydrogen) atoms. The molecule has 0 aliphatic carbocycles. The van der Waals surface area contributed by atoms with Crippen molar-refractivity contribution in [2.75, 3.05) is 18.0 Å². The molecule has 8 heteroatoms. The van der Waals surface area contributed by atoms with Crippen molar-refractivity contribution in [1.29, 1.82) is 0 Å². The lowest BCUT2D eigenvalue weighted by Crippen LogP contribution is -2.59. The molecular formula is C19H22N6O2. The minimum Gasteiger partial charge on any atom is -0.451 e. The van der Waals surface area contributed by atoms with Crippen LogP contribution in [0.4, 0.5) is 5.82 Å². The molecule has 3 aromatic rings. The number of carbonyl (C=O) groups excluding carboxylic acids is 1. The summed E-state index contributed by atoms with van der Waals surface area (Å²) in [5, 5.41) is 15.3. The fourth-order valence-electron chi connectivity index (χ4n) is 3.06. The Kier molecular flexibility index (Phi) is 4.62. The van der Waals surface area contributed by atoms with E-state index in [0.717, 1.165) is 17.9 Å². The van der Waals surface area contributed by atoms with E-state index in [0.29, 0.717) is 30.5 Å². The smallest absolute Gasteiger partial charge is 0.287 e. The van der Waals surface area contributed by atoms with Gasteiger partial charge in [0.05, 0.1) is 17.8 Å². The van der Waals surface area contributed by atoms with Crippen molar-refractivity contribution in [3.05, 3.63) is 48.6 Å². The van der Waals surface area contributed by atoms with Crippen LogP contribution >= 0.6 is 0 Å². The van der Waals surface area contributed by atoms with E-state index >= 15 is 0 Å². The Bertz CT molecular complexity index is 911. The molecule has 1 saturated heterocycles. The number of nitrogens with one attached hydrogen (secondary N) is 1. The molecule has 4 heterocycles. The van der Waals surface area contributed by atoms with E-state index in [2.05, 4.69) is 39.4 Å². The topological polar surface area (TPSA) is 89.1 Å². The summed E-state index contributed by atoms with van der Waals surface area (Å²) < 4.78 is 7.62. The quantitative estimate of drug-likeness (QED) is 0.719. The lowest BCUT2D eigenvalue weighted by Gasteiger charge is -2.39. The standard InChI is InChI=1S/C19H22N6O2/c1-13(2)9-25-10-14(8-21-25)16-5-6-17(27-16)19(26)22-15-11-24(12-15)18-4-3-7-20-23-18/h3-8,10,13,15H,9,11-12H2,1-2H3,(H,22,26). The number of rotatable bonds is 6. The van der Waals surface area contributed by atoms with Crippen molar-refractivity contribution in [2.24, 2.45) is 5.92 Å². The third-order valence-corrected chi connectivity index (χ3v) is 4.40. The average Bonchev–Trinajstić information content (AvgIpc) is 3.27. The summed E-state index contributed by atoms with van der Waals surface area (Å²) in [7, 11) is 0. The summed E-state index contributed by atoms with van der Waals surface area (Å²) in [6.07, 6.45) is 5.34. The van der Waals surface area contributed by atoms with Gasteiger partial charge in [0.2, 0.25) is 0 Å². The first kappa shape index (κ1) is 17.3. The largest absolute Gasteiger partial charge is 0.451 e. The molecule has 4 rings (SSSR count). The van der Waals surface area contributed by atoms with E-state index in [4.69, 9.17) is 4.42 Å². The van der Waals surface area contributed by atoms with Crippen LogP contribution in [0.5, 0.6) is 0 Å². The van der Waals surface area contributed by atoms with Gasteiger partial charge in [0.1, 0.15) is 5.76 Å². The van der Waals surface area contributed by atoms with Gasteiger partial charge in [-0.2, -0.15) is 10.2 Å². The van der Waals surface area contributed by atoms with Crippen LogP contribution in [0.3, 0.4) is 0 Å². The second kappa shape index (κ2) is 7.22. The number of carbonyl (C=O) groups is 1. The summed E-state index contributed by atoms with van der Waals surface area (Å²) in [6, 6.07) is 7.33. The second-order valence-electron chi connectivity index (χ2n) is 7.17. The molecule has 1 aliphatic rings. The molecule has 0 saturated carbocycles. The number of nitrogens with zero attached hydrogens (tertiary/aromatic N) is 5. The van der Waals surface area contributed by atoms with Crippen LogP contribution in [-0.2, 0) is 6.54 Å². The van der Waals surface area contributed by atoms with Gasteiger partial charge in [0.25, 0.3) is 5.91 Å². The van der Waals surface area contributed by atoms with Gasteiger partial charge >= 0.3 is 0 Å². The lowest BCUT2D eigenvalue weighted by molar-refractivity contribution is 0.0903. The van der Waals surface area contributed by atoms with E-state index in [1.807, 2.05) is 23.0 Å². The highest BCUT2D eigenvalue weighted by molar-refractivity contribution is 5.92. The molecule has 0 atom stereocenters.